The van der Waals surface area contributed by atoms with Gasteiger partial charge in [-0.3, -0.25) is 0 Å². The summed E-state index contributed by atoms with van der Waals surface area (Å²) in [5.41, 5.74) is 1.70. The zero-order valence-corrected chi connectivity index (χ0v) is 12.5. The molecule has 5 heteroatoms. The van der Waals surface area contributed by atoms with Crippen LogP contribution in [0, 0.1) is 5.82 Å². The third kappa shape index (κ3) is 4.05. The van der Waals surface area contributed by atoms with Gasteiger partial charge >= 0.3 is 0 Å². The molecule has 2 N–H and O–H groups in total. The maximum absolute atomic E-state index is 13.1. The second-order valence-electron chi connectivity index (χ2n) is 5.08. The van der Waals surface area contributed by atoms with Crippen molar-refractivity contribution >= 4 is 11.6 Å². The highest BCUT2D eigenvalue weighted by Gasteiger charge is 2.06. The fourth-order valence-corrected chi connectivity index (χ4v) is 2.13. The number of benzene rings is 1. The first kappa shape index (κ1) is 15.0. The van der Waals surface area contributed by atoms with E-state index < -0.39 is 5.82 Å². The van der Waals surface area contributed by atoms with Crippen molar-refractivity contribution in [1.82, 2.24) is 15.3 Å². The van der Waals surface area contributed by atoms with Gasteiger partial charge in [-0.25, -0.2) is 9.37 Å². The molecule has 0 aliphatic carbocycles. The largest absolute Gasteiger partial charge is 0.342 e. The molecule has 0 aliphatic heterocycles. The molecule has 3 nitrogen and oxygen atoms in total. The molecule has 20 heavy (non-hydrogen) atoms. The Balaban J connectivity index is 1.96. The van der Waals surface area contributed by atoms with E-state index in [1.165, 1.54) is 6.07 Å². The SMILES string of the molecule is CC(C)NCCCc1ncc(-c2ccc(F)c(Cl)c2)[nH]1. The van der Waals surface area contributed by atoms with Gasteiger partial charge in [0.15, 0.2) is 0 Å². The first-order valence-electron chi connectivity index (χ1n) is 6.79. The lowest BCUT2D eigenvalue weighted by Crippen LogP contribution is -2.24. The van der Waals surface area contributed by atoms with E-state index in [1.54, 1.807) is 18.3 Å². The number of aromatic nitrogens is 2. The van der Waals surface area contributed by atoms with E-state index in [4.69, 9.17) is 11.6 Å². The molecule has 1 heterocycles. The molecular formula is C15H19ClFN3. The van der Waals surface area contributed by atoms with E-state index >= 15 is 0 Å². The van der Waals surface area contributed by atoms with Crippen LogP contribution in [-0.4, -0.2) is 22.6 Å². The minimum absolute atomic E-state index is 0.125. The predicted molar refractivity (Wildman–Crippen MR) is 80.5 cm³/mol. The minimum atomic E-state index is -0.407. The molecule has 2 aromatic rings. The zero-order chi connectivity index (χ0) is 14.5. The Morgan fingerprint density at radius 1 is 1.40 bits per heavy atom. The third-order valence-corrected chi connectivity index (χ3v) is 3.29. The first-order chi connectivity index (χ1) is 9.56. The number of H-pyrrole nitrogens is 1. The molecule has 108 valence electrons. The number of hydrogen-bond acceptors (Lipinski definition) is 2. The molecule has 0 bridgehead atoms. The van der Waals surface area contributed by atoms with Gasteiger partial charge in [0.25, 0.3) is 0 Å². The Kier molecular flexibility index (Phi) is 5.15. The van der Waals surface area contributed by atoms with Crippen LogP contribution in [0.2, 0.25) is 5.02 Å². The fraction of sp³-hybridized carbons (Fsp3) is 0.400. The second-order valence-corrected chi connectivity index (χ2v) is 5.49. The van der Waals surface area contributed by atoms with Gasteiger partial charge in [-0.2, -0.15) is 0 Å². The topological polar surface area (TPSA) is 40.7 Å². The van der Waals surface area contributed by atoms with E-state index in [2.05, 4.69) is 29.1 Å². The summed E-state index contributed by atoms with van der Waals surface area (Å²) in [6.07, 6.45) is 3.67. The molecule has 1 aromatic carbocycles. The van der Waals surface area contributed by atoms with Crippen LogP contribution in [0.4, 0.5) is 4.39 Å². The van der Waals surface area contributed by atoms with Gasteiger partial charge in [0.1, 0.15) is 11.6 Å². The number of imidazole rings is 1. The molecule has 0 spiro atoms. The number of halogens is 2. The van der Waals surface area contributed by atoms with Gasteiger partial charge < -0.3 is 10.3 Å². The number of aromatic amines is 1. The Labute approximate surface area is 123 Å². The lowest BCUT2D eigenvalue weighted by Gasteiger charge is -2.06. The molecule has 0 atom stereocenters. The van der Waals surface area contributed by atoms with E-state index in [0.29, 0.717) is 6.04 Å². The van der Waals surface area contributed by atoms with Crippen molar-refractivity contribution in [1.29, 1.82) is 0 Å². The van der Waals surface area contributed by atoms with Gasteiger partial charge in [0, 0.05) is 18.0 Å². The number of hydrogen-bond donors (Lipinski definition) is 2. The van der Waals surface area contributed by atoms with Crippen LogP contribution in [0.25, 0.3) is 11.3 Å². The van der Waals surface area contributed by atoms with Crippen LogP contribution in [0.5, 0.6) is 0 Å². The lowest BCUT2D eigenvalue weighted by atomic mass is 10.2. The van der Waals surface area contributed by atoms with Crippen LogP contribution < -0.4 is 5.32 Å². The summed E-state index contributed by atoms with van der Waals surface area (Å²) in [5, 5.41) is 3.49. The molecule has 0 aliphatic rings. The zero-order valence-electron chi connectivity index (χ0n) is 11.7. The molecule has 0 saturated heterocycles. The van der Waals surface area contributed by atoms with E-state index in [-0.39, 0.29) is 5.02 Å². The summed E-state index contributed by atoms with van der Waals surface area (Å²) in [6, 6.07) is 5.17. The van der Waals surface area contributed by atoms with Crippen molar-refractivity contribution in [2.45, 2.75) is 32.7 Å². The van der Waals surface area contributed by atoms with Crippen LogP contribution >= 0.6 is 11.6 Å². The van der Waals surface area contributed by atoms with Gasteiger partial charge in [0.05, 0.1) is 16.9 Å². The summed E-state index contributed by atoms with van der Waals surface area (Å²) in [5.74, 6) is 0.529. The average Bonchev–Trinajstić information content (AvgIpc) is 2.86. The standard InChI is InChI=1S/C15H19ClFN3/c1-10(2)18-7-3-4-15-19-9-14(20-15)11-5-6-13(17)12(16)8-11/h5-6,8-10,18H,3-4,7H2,1-2H3,(H,19,20). The van der Waals surface area contributed by atoms with Crippen molar-refractivity contribution < 1.29 is 4.39 Å². The smallest absolute Gasteiger partial charge is 0.141 e. The Hall–Kier alpha value is -1.39. The Morgan fingerprint density at radius 2 is 2.20 bits per heavy atom. The summed E-state index contributed by atoms with van der Waals surface area (Å²) < 4.78 is 13.1. The molecule has 0 unspecified atom stereocenters. The summed E-state index contributed by atoms with van der Waals surface area (Å²) in [6.45, 7) is 5.22. The van der Waals surface area contributed by atoms with Crippen molar-refractivity contribution in [2.75, 3.05) is 6.54 Å². The summed E-state index contributed by atoms with van der Waals surface area (Å²) >= 11 is 5.78. The predicted octanol–water partition coefficient (Wildman–Crippen LogP) is 3.80. The van der Waals surface area contributed by atoms with E-state index in [0.717, 1.165) is 36.5 Å². The maximum atomic E-state index is 13.1. The second kappa shape index (κ2) is 6.86. The normalized spacial score (nSPS) is 11.2. The fourth-order valence-electron chi connectivity index (χ4n) is 1.95. The average molecular weight is 296 g/mol. The van der Waals surface area contributed by atoms with Crippen LogP contribution in [0.3, 0.4) is 0 Å². The number of rotatable bonds is 6. The third-order valence-electron chi connectivity index (χ3n) is 3.00. The van der Waals surface area contributed by atoms with Gasteiger partial charge in [-0.05, 0) is 31.2 Å². The Morgan fingerprint density at radius 3 is 2.90 bits per heavy atom. The molecule has 0 amide bonds. The summed E-state index contributed by atoms with van der Waals surface area (Å²) in [4.78, 5) is 7.59. The van der Waals surface area contributed by atoms with Gasteiger partial charge in [0.2, 0.25) is 0 Å². The molecule has 0 saturated carbocycles. The molecular weight excluding hydrogens is 277 g/mol. The van der Waals surface area contributed by atoms with Crippen LogP contribution in [0.15, 0.2) is 24.4 Å². The van der Waals surface area contributed by atoms with Crippen molar-refractivity contribution in [3.8, 4) is 11.3 Å². The van der Waals surface area contributed by atoms with Crippen LogP contribution in [0.1, 0.15) is 26.1 Å². The first-order valence-corrected chi connectivity index (χ1v) is 7.16. The minimum Gasteiger partial charge on any atom is -0.342 e. The van der Waals surface area contributed by atoms with Gasteiger partial charge in [-0.15, -0.1) is 0 Å². The highest BCUT2D eigenvalue weighted by Crippen LogP contribution is 2.23. The maximum Gasteiger partial charge on any atom is 0.141 e. The number of nitrogens with zero attached hydrogens (tertiary/aromatic N) is 1. The van der Waals surface area contributed by atoms with Crippen molar-refractivity contribution in [2.24, 2.45) is 0 Å². The highest BCUT2D eigenvalue weighted by atomic mass is 35.5. The summed E-state index contributed by atoms with van der Waals surface area (Å²) in [7, 11) is 0. The van der Waals surface area contributed by atoms with Crippen LogP contribution in [-0.2, 0) is 6.42 Å². The quantitative estimate of drug-likeness (QED) is 0.796. The Bertz CT molecular complexity index is 566. The molecule has 0 fully saturated rings. The van der Waals surface area contributed by atoms with Crippen molar-refractivity contribution in [3.63, 3.8) is 0 Å². The van der Waals surface area contributed by atoms with Gasteiger partial charge in [-0.1, -0.05) is 25.4 Å². The molecule has 0 radical (unpaired) electrons. The highest BCUT2D eigenvalue weighted by molar-refractivity contribution is 6.31. The van der Waals surface area contributed by atoms with Crippen molar-refractivity contribution in [3.05, 3.63) is 41.1 Å². The molecule has 1 aromatic heterocycles. The lowest BCUT2D eigenvalue weighted by molar-refractivity contribution is 0.567. The number of aryl methyl sites for hydroxylation is 1. The monoisotopic (exact) mass is 295 g/mol. The molecule has 2 rings (SSSR count). The number of nitrogens with one attached hydrogen (secondary N) is 2. The van der Waals surface area contributed by atoms with E-state index in [1.807, 2.05) is 0 Å². The van der Waals surface area contributed by atoms with E-state index in [9.17, 15) is 4.39 Å².